The minimum atomic E-state index is -4.95. The molecule has 0 unspecified atom stereocenters. The molecule has 2 heterocycles. The van der Waals surface area contributed by atoms with Gasteiger partial charge in [0.25, 0.3) is 5.78 Å². The van der Waals surface area contributed by atoms with E-state index in [1.807, 2.05) is 0 Å². The van der Waals surface area contributed by atoms with Gasteiger partial charge in [0.05, 0.1) is 12.6 Å². The normalized spacial score (nSPS) is 11.8. The van der Waals surface area contributed by atoms with Gasteiger partial charge in [-0.2, -0.15) is 18.2 Å². The number of rotatable bonds is 2. The number of hydrogen-bond acceptors (Lipinski definition) is 3. The molecular weight excluding hydrogens is 237 g/mol. The number of ether oxygens (including phenoxy) is 1. The molecule has 0 aliphatic carbocycles. The zero-order valence-electron chi connectivity index (χ0n) is 8.65. The maximum atomic E-state index is 12.3. The minimum absolute atomic E-state index is 0.0617. The fraction of sp³-hybridized carbons (Fsp3) is 0.200. The number of carbonyl (C=O) groups is 1. The van der Waals surface area contributed by atoms with Gasteiger partial charge in [-0.15, -0.1) is 0 Å². The predicted molar refractivity (Wildman–Crippen MR) is 52.1 cm³/mol. The number of imidazole rings is 1. The summed E-state index contributed by atoms with van der Waals surface area (Å²) in [5.74, 6) is -1.98. The lowest BCUT2D eigenvalue weighted by molar-refractivity contribution is -0.0887. The first-order chi connectivity index (χ1) is 7.95. The summed E-state index contributed by atoms with van der Waals surface area (Å²) < 4.78 is 43.1. The first kappa shape index (κ1) is 11.4. The van der Waals surface area contributed by atoms with E-state index in [1.165, 1.54) is 29.8 Å². The summed E-state index contributed by atoms with van der Waals surface area (Å²) in [7, 11) is 1.27. The molecule has 0 N–H and O–H groups in total. The van der Waals surface area contributed by atoms with Crippen LogP contribution in [0.2, 0.25) is 0 Å². The van der Waals surface area contributed by atoms with E-state index in [2.05, 4.69) is 4.98 Å². The fourth-order valence-corrected chi connectivity index (χ4v) is 1.46. The van der Waals surface area contributed by atoms with Crippen molar-refractivity contribution in [1.29, 1.82) is 0 Å². The molecule has 2 aromatic rings. The quantitative estimate of drug-likeness (QED) is 0.760. The number of carbonyl (C=O) groups excluding carboxylic acids is 1. The standard InChI is InChI=1S/C10H7F3N2O2/c1-17-9-14-7(8(16)10(11,12)13)6-4-2-3-5-15(6)9/h2-5H,1H3. The van der Waals surface area contributed by atoms with Gasteiger partial charge in [0.2, 0.25) is 0 Å². The summed E-state index contributed by atoms with van der Waals surface area (Å²) in [6.45, 7) is 0. The van der Waals surface area contributed by atoms with Crippen molar-refractivity contribution in [1.82, 2.24) is 9.38 Å². The molecule has 0 aliphatic rings. The van der Waals surface area contributed by atoms with Crippen LogP contribution < -0.4 is 4.74 Å². The SMILES string of the molecule is COc1nc(C(=O)C(F)(F)F)c2ccccn12. The van der Waals surface area contributed by atoms with Crippen molar-refractivity contribution in [2.24, 2.45) is 0 Å². The van der Waals surface area contributed by atoms with Crippen molar-refractivity contribution in [3.63, 3.8) is 0 Å². The van der Waals surface area contributed by atoms with Gasteiger partial charge in [-0.25, -0.2) is 0 Å². The number of fused-ring (bicyclic) bond motifs is 1. The van der Waals surface area contributed by atoms with E-state index in [0.29, 0.717) is 0 Å². The molecule has 17 heavy (non-hydrogen) atoms. The van der Waals surface area contributed by atoms with Crippen LogP contribution in [0.25, 0.3) is 5.52 Å². The zero-order chi connectivity index (χ0) is 12.6. The molecule has 0 bridgehead atoms. The number of hydrogen-bond donors (Lipinski definition) is 0. The van der Waals surface area contributed by atoms with Crippen molar-refractivity contribution in [2.75, 3.05) is 7.11 Å². The second-order valence-corrected chi connectivity index (χ2v) is 3.23. The smallest absolute Gasteiger partial charge is 0.456 e. The fourth-order valence-electron chi connectivity index (χ4n) is 1.46. The molecular formula is C10H7F3N2O2. The third-order valence-corrected chi connectivity index (χ3v) is 2.17. The lowest BCUT2D eigenvalue weighted by Gasteiger charge is -2.01. The van der Waals surface area contributed by atoms with Crippen LogP contribution in [0.1, 0.15) is 10.5 Å². The van der Waals surface area contributed by atoms with Crippen molar-refractivity contribution in [3.05, 3.63) is 30.1 Å². The number of aromatic nitrogens is 2. The largest absolute Gasteiger partial charge is 0.468 e. The summed E-state index contributed by atoms with van der Waals surface area (Å²) in [6, 6.07) is 4.42. The molecule has 0 spiro atoms. The average Bonchev–Trinajstić information content (AvgIpc) is 2.65. The summed E-state index contributed by atoms with van der Waals surface area (Å²) in [5, 5.41) is 0. The van der Waals surface area contributed by atoms with Gasteiger partial charge in [0.15, 0.2) is 0 Å². The van der Waals surface area contributed by atoms with Crippen LogP contribution in [0.15, 0.2) is 24.4 Å². The molecule has 4 nitrogen and oxygen atoms in total. The highest BCUT2D eigenvalue weighted by molar-refractivity contribution is 6.04. The van der Waals surface area contributed by atoms with Crippen molar-refractivity contribution in [2.45, 2.75) is 6.18 Å². The monoisotopic (exact) mass is 244 g/mol. The molecule has 2 aromatic heterocycles. The van der Waals surface area contributed by atoms with Gasteiger partial charge in [-0.3, -0.25) is 9.20 Å². The number of halogens is 3. The van der Waals surface area contributed by atoms with Crippen LogP contribution >= 0.6 is 0 Å². The Morgan fingerprint density at radius 3 is 2.71 bits per heavy atom. The third kappa shape index (κ3) is 1.83. The number of Topliss-reactive ketones (excluding diaryl/α,β-unsaturated/α-hetero) is 1. The Hall–Kier alpha value is -2.05. The second kappa shape index (κ2) is 3.76. The summed E-state index contributed by atoms with van der Waals surface area (Å²) in [5.41, 5.74) is -0.596. The number of ketones is 1. The van der Waals surface area contributed by atoms with Crippen LogP contribution in [0, 0.1) is 0 Å². The molecule has 90 valence electrons. The minimum Gasteiger partial charge on any atom is -0.468 e. The van der Waals surface area contributed by atoms with Gasteiger partial charge in [-0.05, 0) is 12.1 Å². The lowest BCUT2D eigenvalue weighted by atomic mass is 10.2. The maximum Gasteiger partial charge on any atom is 0.456 e. The first-order valence-electron chi connectivity index (χ1n) is 4.57. The Morgan fingerprint density at radius 1 is 1.41 bits per heavy atom. The Balaban J connectivity index is 2.67. The van der Waals surface area contributed by atoms with Crippen LogP contribution in [-0.2, 0) is 0 Å². The van der Waals surface area contributed by atoms with E-state index in [0.717, 1.165) is 0 Å². The van der Waals surface area contributed by atoms with Crippen molar-refractivity contribution >= 4 is 11.3 Å². The Kier molecular flexibility index (Phi) is 2.53. The first-order valence-corrected chi connectivity index (χ1v) is 4.57. The molecule has 0 aromatic carbocycles. The molecule has 0 aliphatic heterocycles. The van der Waals surface area contributed by atoms with Crippen LogP contribution in [0.3, 0.4) is 0 Å². The topological polar surface area (TPSA) is 43.6 Å². The molecule has 0 saturated heterocycles. The predicted octanol–water partition coefficient (Wildman–Crippen LogP) is 2.09. The highest BCUT2D eigenvalue weighted by atomic mass is 19.4. The Morgan fingerprint density at radius 2 is 2.12 bits per heavy atom. The van der Waals surface area contributed by atoms with Crippen molar-refractivity contribution in [3.8, 4) is 6.01 Å². The number of nitrogens with zero attached hydrogens (tertiary/aromatic N) is 2. The molecule has 0 saturated carbocycles. The highest BCUT2D eigenvalue weighted by Crippen LogP contribution is 2.26. The molecule has 0 atom stereocenters. The zero-order valence-corrected chi connectivity index (χ0v) is 8.65. The Bertz CT molecular complexity index is 574. The second-order valence-electron chi connectivity index (χ2n) is 3.23. The van der Waals surface area contributed by atoms with Gasteiger partial charge in [-0.1, -0.05) is 6.07 Å². The van der Waals surface area contributed by atoms with Gasteiger partial charge >= 0.3 is 12.2 Å². The van der Waals surface area contributed by atoms with E-state index in [4.69, 9.17) is 4.74 Å². The van der Waals surface area contributed by atoms with Crippen LogP contribution in [0.4, 0.5) is 13.2 Å². The maximum absolute atomic E-state index is 12.3. The van der Waals surface area contributed by atoms with E-state index in [-0.39, 0.29) is 11.5 Å². The molecule has 2 rings (SSSR count). The third-order valence-electron chi connectivity index (χ3n) is 2.17. The molecule has 0 amide bonds. The van der Waals surface area contributed by atoms with Crippen molar-refractivity contribution < 1.29 is 22.7 Å². The van der Waals surface area contributed by atoms with Crippen LogP contribution in [0.5, 0.6) is 6.01 Å². The summed E-state index contributed by atoms with van der Waals surface area (Å²) in [6.07, 6.45) is -3.48. The number of methoxy groups -OCH3 is 1. The van der Waals surface area contributed by atoms with E-state index in [9.17, 15) is 18.0 Å². The summed E-state index contributed by atoms with van der Waals surface area (Å²) in [4.78, 5) is 14.7. The van der Waals surface area contributed by atoms with Gasteiger partial charge in [0, 0.05) is 6.20 Å². The highest BCUT2D eigenvalue weighted by Gasteiger charge is 2.42. The van der Waals surface area contributed by atoms with Crippen LogP contribution in [-0.4, -0.2) is 28.5 Å². The van der Waals surface area contributed by atoms with E-state index >= 15 is 0 Å². The summed E-state index contributed by atoms with van der Waals surface area (Å²) >= 11 is 0. The molecule has 0 fully saturated rings. The lowest BCUT2D eigenvalue weighted by Crippen LogP contribution is -2.23. The van der Waals surface area contributed by atoms with Gasteiger partial charge < -0.3 is 4.74 Å². The average molecular weight is 244 g/mol. The van der Waals surface area contributed by atoms with E-state index in [1.54, 1.807) is 6.07 Å². The van der Waals surface area contributed by atoms with E-state index < -0.39 is 17.7 Å². The Labute approximate surface area is 93.6 Å². The molecule has 7 heteroatoms. The number of pyridine rings is 1. The molecule has 0 radical (unpaired) electrons. The number of alkyl halides is 3. The van der Waals surface area contributed by atoms with Gasteiger partial charge in [0.1, 0.15) is 5.69 Å².